The van der Waals surface area contributed by atoms with E-state index in [1.165, 1.54) is 6.07 Å². The molecule has 0 aliphatic rings. The summed E-state index contributed by atoms with van der Waals surface area (Å²) in [6.45, 7) is 9.49. The van der Waals surface area contributed by atoms with Gasteiger partial charge in [0.2, 0.25) is 0 Å². The van der Waals surface area contributed by atoms with E-state index in [4.69, 9.17) is 23.8 Å². The quantitative estimate of drug-likeness (QED) is 0.381. The van der Waals surface area contributed by atoms with Gasteiger partial charge in [-0.3, -0.25) is 10.1 Å². The number of benzene rings is 1. The van der Waals surface area contributed by atoms with Gasteiger partial charge in [-0.2, -0.15) is 0 Å². The molecule has 0 heterocycles. The van der Waals surface area contributed by atoms with Gasteiger partial charge in [-0.25, -0.2) is 0 Å². The number of halogens is 2. The SMILES string of the molecule is CCN(CC)CCCC(C)NC(=S)c1ccc(Cl)cc1[N+](=O)[O-].Cl. The number of nitrogens with one attached hydrogen (secondary N) is 1. The molecule has 0 saturated carbocycles. The minimum absolute atomic E-state index is 0. The Hall–Kier alpha value is -0.950. The third kappa shape index (κ3) is 7.30. The smallest absolute Gasteiger partial charge is 0.281 e. The Balaban J connectivity index is 0.00000529. The molecule has 0 bridgehead atoms. The minimum Gasteiger partial charge on any atom is -0.373 e. The van der Waals surface area contributed by atoms with Crippen LogP contribution in [-0.2, 0) is 0 Å². The molecule has 0 saturated heterocycles. The van der Waals surface area contributed by atoms with Gasteiger partial charge < -0.3 is 10.2 Å². The molecule has 1 rings (SSSR count). The number of hydrogen-bond donors (Lipinski definition) is 1. The van der Waals surface area contributed by atoms with E-state index < -0.39 is 4.92 Å². The van der Waals surface area contributed by atoms with E-state index in [2.05, 4.69) is 24.1 Å². The Morgan fingerprint density at radius 1 is 1.42 bits per heavy atom. The first-order chi connectivity index (χ1) is 10.9. The van der Waals surface area contributed by atoms with Crippen molar-refractivity contribution < 1.29 is 4.92 Å². The van der Waals surface area contributed by atoms with Gasteiger partial charge >= 0.3 is 0 Å². The highest BCUT2D eigenvalue weighted by atomic mass is 35.5. The summed E-state index contributed by atoms with van der Waals surface area (Å²) in [5, 5.41) is 14.6. The standard InChI is InChI=1S/C16H24ClN3O2S.ClH/c1-4-19(5-2)10-6-7-12(3)18-16(23)14-9-8-13(17)11-15(14)20(21)22;/h8-9,11-12H,4-7,10H2,1-3H3,(H,18,23);1H. The molecule has 0 amide bonds. The van der Waals surface area contributed by atoms with Crippen molar-refractivity contribution in [1.29, 1.82) is 0 Å². The molecule has 24 heavy (non-hydrogen) atoms. The van der Waals surface area contributed by atoms with Crippen LogP contribution >= 0.6 is 36.2 Å². The minimum atomic E-state index is -0.458. The van der Waals surface area contributed by atoms with E-state index in [-0.39, 0.29) is 24.1 Å². The highest BCUT2D eigenvalue weighted by molar-refractivity contribution is 7.80. The van der Waals surface area contributed by atoms with E-state index in [1.807, 2.05) is 6.92 Å². The summed E-state index contributed by atoms with van der Waals surface area (Å²) in [5.41, 5.74) is 0.343. The van der Waals surface area contributed by atoms with Crippen molar-refractivity contribution in [3.8, 4) is 0 Å². The summed E-state index contributed by atoms with van der Waals surface area (Å²) in [6.07, 6.45) is 2.01. The van der Waals surface area contributed by atoms with Gasteiger partial charge in [0.05, 0.1) is 10.5 Å². The van der Waals surface area contributed by atoms with Gasteiger partial charge in [0.1, 0.15) is 4.99 Å². The lowest BCUT2D eigenvalue weighted by Crippen LogP contribution is -2.33. The molecule has 0 spiro atoms. The van der Waals surface area contributed by atoms with Crippen molar-refractivity contribution in [2.75, 3.05) is 19.6 Å². The Labute approximate surface area is 160 Å². The molecule has 0 radical (unpaired) electrons. The van der Waals surface area contributed by atoms with Crippen LogP contribution in [0.1, 0.15) is 39.2 Å². The lowest BCUT2D eigenvalue weighted by Gasteiger charge is -2.20. The van der Waals surface area contributed by atoms with Crippen LogP contribution in [0.5, 0.6) is 0 Å². The van der Waals surface area contributed by atoms with Crippen LogP contribution in [0.15, 0.2) is 18.2 Å². The van der Waals surface area contributed by atoms with Crippen LogP contribution in [0.25, 0.3) is 0 Å². The van der Waals surface area contributed by atoms with Crippen LogP contribution in [0.2, 0.25) is 5.02 Å². The zero-order valence-corrected chi connectivity index (χ0v) is 16.6. The molecule has 1 aromatic rings. The number of hydrogen-bond acceptors (Lipinski definition) is 4. The molecule has 0 aromatic heterocycles. The van der Waals surface area contributed by atoms with Crippen LogP contribution in [0, 0.1) is 10.1 Å². The Bertz CT molecular complexity index is 554. The average Bonchev–Trinajstić information content (AvgIpc) is 2.51. The fourth-order valence-corrected chi connectivity index (χ4v) is 2.92. The summed E-state index contributed by atoms with van der Waals surface area (Å²) >= 11 is 11.1. The molecule has 0 fully saturated rings. The molecule has 0 aliphatic heterocycles. The highest BCUT2D eigenvalue weighted by Gasteiger charge is 2.19. The zero-order chi connectivity index (χ0) is 17.4. The van der Waals surface area contributed by atoms with Gasteiger partial charge in [0.25, 0.3) is 5.69 Å². The lowest BCUT2D eigenvalue weighted by atomic mass is 10.1. The van der Waals surface area contributed by atoms with E-state index >= 15 is 0 Å². The van der Waals surface area contributed by atoms with Crippen molar-refractivity contribution in [2.24, 2.45) is 0 Å². The maximum Gasteiger partial charge on any atom is 0.281 e. The summed E-state index contributed by atoms with van der Waals surface area (Å²) < 4.78 is 0. The summed E-state index contributed by atoms with van der Waals surface area (Å²) in [7, 11) is 0. The van der Waals surface area contributed by atoms with E-state index in [1.54, 1.807) is 12.1 Å². The molecule has 0 aliphatic carbocycles. The van der Waals surface area contributed by atoms with Crippen molar-refractivity contribution in [3.05, 3.63) is 38.9 Å². The molecule has 5 nitrogen and oxygen atoms in total. The monoisotopic (exact) mass is 393 g/mol. The second-order valence-electron chi connectivity index (χ2n) is 5.46. The molecule has 1 atom stereocenters. The number of nitro benzene ring substituents is 1. The van der Waals surface area contributed by atoms with Crippen LogP contribution in [0.4, 0.5) is 5.69 Å². The number of thiocarbonyl (C=S) groups is 1. The summed E-state index contributed by atoms with van der Waals surface area (Å²) in [6, 6.07) is 4.70. The summed E-state index contributed by atoms with van der Waals surface area (Å²) in [5.74, 6) is 0. The van der Waals surface area contributed by atoms with Crippen molar-refractivity contribution in [1.82, 2.24) is 10.2 Å². The normalized spacial score (nSPS) is 11.7. The number of rotatable bonds is 9. The van der Waals surface area contributed by atoms with Gasteiger partial charge in [-0.1, -0.05) is 37.7 Å². The van der Waals surface area contributed by atoms with Crippen molar-refractivity contribution in [2.45, 2.75) is 39.7 Å². The first-order valence-corrected chi connectivity index (χ1v) is 8.64. The Kier molecular flexibility index (Phi) is 11.1. The molecule has 136 valence electrons. The molecule has 1 N–H and O–H groups in total. The fourth-order valence-electron chi connectivity index (χ4n) is 2.38. The first-order valence-electron chi connectivity index (χ1n) is 7.86. The van der Waals surface area contributed by atoms with E-state index in [9.17, 15) is 10.1 Å². The maximum absolute atomic E-state index is 11.1. The predicted octanol–water partition coefficient (Wildman–Crippen LogP) is 4.45. The van der Waals surface area contributed by atoms with Gasteiger partial charge in [-0.05, 0) is 51.5 Å². The first kappa shape index (κ1) is 23.1. The Morgan fingerprint density at radius 2 is 2.04 bits per heavy atom. The fraction of sp³-hybridized carbons (Fsp3) is 0.562. The second kappa shape index (κ2) is 11.6. The Morgan fingerprint density at radius 3 is 2.58 bits per heavy atom. The van der Waals surface area contributed by atoms with Gasteiger partial charge in [-0.15, -0.1) is 12.4 Å². The van der Waals surface area contributed by atoms with E-state index in [0.29, 0.717) is 15.6 Å². The van der Waals surface area contributed by atoms with Gasteiger partial charge in [0.15, 0.2) is 0 Å². The van der Waals surface area contributed by atoms with Crippen molar-refractivity contribution >= 4 is 46.9 Å². The predicted molar refractivity (Wildman–Crippen MR) is 107 cm³/mol. The average molecular weight is 394 g/mol. The lowest BCUT2D eigenvalue weighted by molar-refractivity contribution is -0.385. The second-order valence-corrected chi connectivity index (χ2v) is 6.31. The number of nitro groups is 1. The molecular weight excluding hydrogens is 369 g/mol. The third-order valence-corrected chi connectivity index (χ3v) is 4.36. The topological polar surface area (TPSA) is 58.4 Å². The van der Waals surface area contributed by atoms with Crippen LogP contribution < -0.4 is 5.32 Å². The molecule has 1 aromatic carbocycles. The zero-order valence-electron chi connectivity index (χ0n) is 14.3. The molecule has 1 unspecified atom stereocenters. The van der Waals surface area contributed by atoms with Crippen LogP contribution in [0.3, 0.4) is 0 Å². The molecular formula is C16H25Cl2N3O2S. The van der Waals surface area contributed by atoms with Crippen molar-refractivity contribution in [3.63, 3.8) is 0 Å². The largest absolute Gasteiger partial charge is 0.373 e. The van der Waals surface area contributed by atoms with Gasteiger partial charge in [0, 0.05) is 17.1 Å². The van der Waals surface area contributed by atoms with E-state index in [0.717, 1.165) is 32.5 Å². The third-order valence-electron chi connectivity index (χ3n) is 3.78. The highest BCUT2D eigenvalue weighted by Crippen LogP contribution is 2.23. The maximum atomic E-state index is 11.1. The molecule has 8 heteroatoms. The number of nitrogens with zero attached hydrogens (tertiary/aromatic N) is 2. The van der Waals surface area contributed by atoms with Crippen LogP contribution in [-0.4, -0.2) is 40.5 Å². The summed E-state index contributed by atoms with van der Waals surface area (Å²) in [4.78, 5) is 13.4.